The molecule has 0 bridgehead atoms. The molecule has 0 aliphatic carbocycles. The Bertz CT molecular complexity index is 775. The van der Waals surface area contributed by atoms with E-state index < -0.39 is 0 Å². The van der Waals surface area contributed by atoms with Gasteiger partial charge < -0.3 is 19.1 Å². The first-order chi connectivity index (χ1) is 12.3. The zero-order valence-corrected chi connectivity index (χ0v) is 14.1. The zero-order valence-electron chi connectivity index (χ0n) is 14.1. The lowest BCUT2D eigenvalue weighted by Crippen LogP contribution is -2.23. The molecular formula is C19H20N2O4. The summed E-state index contributed by atoms with van der Waals surface area (Å²) in [5.41, 5.74) is 1.67. The normalized spacial score (nSPS) is 18.4. The molecule has 0 saturated carbocycles. The van der Waals surface area contributed by atoms with Gasteiger partial charge in [-0.1, -0.05) is 6.07 Å². The van der Waals surface area contributed by atoms with Crippen molar-refractivity contribution in [1.82, 2.24) is 4.98 Å². The number of fused-ring (bicyclic) bond motifs is 1. The van der Waals surface area contributed by atoms with Crippen LogP contribution in [0.2, 0.25) is 0 Å². The number of carbonyl (C=O) groups is 1. The van der Waals surface area contributed by atoms with Crippen molar-refractivity contribution in [1.29, 1.82) is 0 Å². The Labute approximate surface area is 146 Å². The molecule has 6 nitrogen and oxygen atoms in total. The molecule has 0 spiro atoms. The van der Waals surface area contributed by atoms with Gasteiger partial charge in [0.1, 0.15) is 5.82 Å². The van der Waals surface area contributed by atoms with E-state index >= 15 is 0 Å². The number of anilines is 1. The minimum absolute atomic E-state index is 0.246. The predicted octanol–water partition coefficient (Wildman–Crippen LogP) is 3.33. The second-order valence-electron chi connectivity index (χ2n) is 6.09. The Morgan fingerprint density at radius 2 is 2.16 bits per heavy atom. The van der Waals surface area contributed by atoms with Gasteiger partial charge in [-0.3, -0.25) is 0 Å². The van der Waals surface area contributed by atoms with Gasteiger partial charge in [-0.15, -0.1) is 0 Å². The number of nitrogens with zero attached hydrogens (tertiary/aromatic N) is 2. The van der Waals surface area contributed by atoms with E-state index in [1.165, 1.54) is 5.56 Å². The zero-order chi connectivity index (χ0) is 17.2. The highest BCUT2D eigenvalue weighted by Gasteiger charge is 2.28. The van der Waals surface area contributed by atoms with Gasteiger partial charge in [0.15, 0.2) is 11.5 Å². The summed E-state index contributed by atoms with van der Waals surface area (Å²) in [6.07, 6.45) is 3.74. The summed E-state index contributed by atoms with van der Waals surface area (Å²) in [5.74, 6) is 2.13. The monoisotopic (exact) mass is 340 g/mol. The number of aromatic nitrogens is 1. The third-order valence-corrected chi connectivity index (χ3v) is 4.59. The van der Waals surface area contributed by atoms with Crippen LogP contribution in [0.3, 0.4) is 0 Å². The van der Waals surface area contributed by atoms with Crippen LogP contribution in [-0.2, 0) is 4.74 Å². The summed E-state index contributed by atoms with van der Waals surface area (Å²) in [7, 11) is 0. The van der Waals surface area contributed by atoms with Crippen molar-refractivity contribution in [3.63, 3.8) is 0 Å². The molecule has 1 saturated heterocycles. The van der Waals surface area contributed by atoms with Crippen molar-refractivity contribution in [3.8, 4) is 11.5 Å². The van der Waals surface area contributed by atoms with Gasteiger partial charge in [-0.05, 0) is 49.6 Å². The number of esters is 1. The molecule has 0 radical (unpaired) electrons. The molecule has 1 atom stereocenters. The molecule has 1 aromatic heterocycles. The van der Waals surface area contributed by atoms with Crippen LogP contribution in [0.5, 0.6) is 11.5 Å². The van der Waals surface area contributed by atoms with Gasteiger partial charge in [0.2, 0.25) is 6.79 Å². The summed E-state index contributed by atoms with van der Waals surface area (Å²) < 4.78 is 15.9. The van der Waals surface area contributed by atoms with Crippen molar-refractivity contribution in [2.45, 2.75) is 25.8 Å². The molecule has 6 heteroatoms. The number of pyridine rings is 1. The van der Waals surface area contributed by atoms with Crippen LogP contribution < -0.4 is 14.4 Å². The Kier molecular flexibility index (Phi) is 4.17. The van der Waals surface area contributed by atoms with E-state index in [0.717, 1.165) is 36.7 Å². The Balaban J connectivity index is 1.56. The average Bonchev–Trinajstić information content (AvgIpc) is 3.30. The van der Waals surface area contributed by atoms with Crippen LogP contribution in [0.1, 0.15) is 41.7 Å². The van der Waals surface area contributed by atoms with Crippen LogP contribution in [0.4, 0.5) is 5.82 Å². The summed E-state index contributed by atoms with van der Waals surface area (Å²) >= 11 is 0. The molecule has 2 aliphatic heterocycles. The number of rotatable bonds is 4. The SMILES string of the molecule is CCOC(=O)c1ccc(N2CCC[C@H]2c2ccc3c(c2)OCO3)nc1. The molecule has 3 heterocycles. The van der Waals surface area contributed by atoms with Gasteiger partial charge in [0.05, 0.1) is 18.2 Å². The molecule has 2 aliphatic rings. The van der Waals surface area contributed by atoms with Crippen LogP contribution in [0.15, 0.2) is 36.5 Å². The Hall–Kier alpha value is -2.76. The molecular weight excluding hydrogens is 320 g/mol. The van der Waals surface area contributed by atoms with Crippen molar-refractivity contribution in [3.05, 3.63) is 47.7 Å². The highest BCUT2D eigenvalue weighted by molar-refractivity contribution is 5.89. The molecule has 0 unspecified atom stereocenters. The molecule has 1 aromatic carbocycles. The lowest BCUT2D eigenvalue weighted by molar-refractivity contribution is 0.0526. The number of ether oxygens (including phenoxy) is 3. The van der Waals surface area contributed by atoms with Gasteiger partial charge in [0, 0.05) is 12.7 Å². The maximum atomic E-state index is 11.8. The van der Waals surface area contributed by atoms with Gasteiger partial charge in [-0.2, -0.15) is 0 Å². The maximum Gasteiger partial charge on any atom is 0.339 e. The minimum Gasteiger partial charge on any atom is -0.462 e. The van der Waals surface area contributed by atoms with Crippen LogP contribution in [0.25, 0.3) is 0 Å². The van der Waals surface area contributed by atoms with Crippen molar-refractivity contribution in [2.75, 3.05) is 24.8 Å². The standard InChI is InChI=1S/C19H20N2O4/c1-2-23-19(22)14-6-8-18(20-11-14)21-9-3-4-15(21)13-5-7-16-17(10-13)25-12-24-16/h5-8,10-11,15H,2-4,9,12H2,1H3/t15-/m0/s1. The summed E-state index contributed by atoms with van der Waals surface area (Å²) in [6, 6.07) is 10.0. The van der Waals surface area contributed by atoms with E-state index in [1.54, 1.807) is 19.2 Å². The van der Waals surface area contributed by atoms with E-state index in [0.29, 0.717) is 12.2 Å². The van der Waals surface area contributed by atoms with Gasteiger partial charge in [0.25, 0.3) is 0 Å². The first kappa shape index (κ1) is 15.7. The lowest BCUT2D eigenvalue weighted by Gasteiger charge is -2.26. The molecule has 0 amide bonds. The van der Waals surface area contributed by atoms with Crippen LogP contribution in [-0.4, -0.2) is 30.9 Å². The largest absolute Gasteiger partial charge is 0.462 e. The fourth-order valence-corrected chi connectivity index (χ4v) is 3.40. The number of carbonyl (C=O) groups excluding carboxylic acids is 1. The summed E-state index contributed by atoms with van der Waals surface area (Å²) in [6.45, 7) is 3.37. The highest BCUT2D eigenvalue weighted by atomic mass is 16.7. The number of hydrogen-bond donors (Lipinski definition) is 0. The molecule has 130 valence electrons. The minimum atomic E-state index is -0.338. The topological polar surface area (TPSA) is 60.9 Å². The van der Waals surface area contributed by atoms with E-state index in [-0.39, 0.29) is 18.8 Å². The maximum absolute atomic E-state index is 11.8. The molecule has 2 aromatic rings. The van der Waals surface area contributed by atoms with E-state index in [2.05, 4.69) is 22.0 Å². The summed E-state index contributed by atoms with van der Waals surface area (Å²) in [4.78, 5) is 18.5. The third kappa shape index (κ3) is 2.99. The highest BCUT2D eigenvalue weighted by Crippen LogP contribution is 2.40. The first-order valence-corrected chi connectivity index (χ1v) is 8.55. The number of hydrogen-bond acceptors (Lipinski definition) is 6. The second-order valence-corrected chi connectivity index (χ2v) is 6.09. The molecule has 4 rings (SSSR count). The van der Waals surface area contributed by atoms with E-state index in [1.807, 2.05) is 12.1 Å². The van der Waals surface area contributed by atoms with E-state index in [4.69, 9.17) is 14.2 Å². The Morgan fingerprint density at radius 1 is 1.28 bits per heavy atom. The number of benzene rings is 1. The average molecular weight is 340 g/mol. The summed E-state index contributed by atoms with van der Waals surface area (Å²) in [5, 5.41) is 0. The van der Waals surface area contributed by atoms with Crippen molar-refractivity contribution in [2.24, 2.45) is 0 Å². The first-order valence-electron chi connectivity index (χ1n) is 8.55. The molecule has 1 fully saturated rings. The Morgan fingerprint density at radius 3 is 2.96 bits per heavy atom. The third-order valence-electron chi connectivity index (χ3n) is 4.59. The molecule has 0 N–H and O–H groups in total. The van der Waals surface area contributed by atoms with Crippen LogP contribution in [0, 0.1) is 0 Å². The van der Waals surface area contributed by atoms with Crippen molar-refractivity contribution >= 4 is 11.8 Å². The van der Waals surface area contributed by atoms with Crippen LogP contribution >= 0.6 is 0 Å². The van der Waals surface area contributed by atoms with Gasteiger partial charge >= 0.3 is 5.97 Å². The van der Waals surface area contributed by atoms with E-state index in [9.17, 15) is 4.79 Å². The quantitative estimate of drug-likeness (QED) is 0.796. The fourth-order valence-electron chi connectivity index (χ4n) is 3.40. The lowest BCUT2D eigenvalue weighted by atomic mass is 10.0. The predicted molar refractivity (Wildman–Crippen MR) is 92.1 cm³/mol. The fraction of sp³-hybridized carbons (Fsp3) is 0.368. The van der Waals surface area contributed by atoms with Gasteiger partial charge in [-0.25, -0.2) is 9.78 Å². The smallest absolute Gasteiger partial charge is 0.339 e. The molecule has 25 heavy (non-hydrogen) atoms. The van der Waals surface area contributed by atoms with Crippen molar-refractivity contribution < 1.29 is 19.0 Å². The second kappa shape index (κ2) is 6.63.